The number of rotatable bonds is 6. The van der Waals surface area contributed by atoms with E-state index in [0.29, 0.717) is 26.2 Å². The van der Waals surface area contributed by atoms with Gasteiger partial charge in [0.1, 0.15) is 5.75 Å². The Morgan fingerprint density at radius 3 is 2.84 bits per heavy atom. The Labute approximate surface area is 149 Å². The molecule has 0 bridgehead atoms. The highest BCUT2D eigenvalue weighted by atomic mass is 16.5. The highest BCUT2D eigenvalue weighted by molar-refractivity contribution is 5.84. The standard InChI is InChI=1S/C19H29N3O3/c1-4-10-20-18(24)22-11-6-9-19(2,14-22)17(23)21-13-15-7-5-8-16(12-15)25-3/h5,7-8,12H,4,6,9-11,13-14H2,1-3H3,(H,20,24)(H,21,23)/t19-/m1/s1. The normalized spacial score (nSPS) is 20.0. The molecule has 1 saturated heterocycles. The fourth-order valence-corrected chi connectivity index (χ4v) is 3.12. The third kappa shape index (κ3) is 5.11. The van der Waals surface area contributed by atoms with Crippen LogP contribution in [0.25, 0.3) is 0 Å². The van der Waals surface area contributed by atoms with E-state index in [-0.39, 0.29) is 11.9 Å². The number of nitrogens with one attached hydrogen (secondary N) is 2. The molecule has 1 fully saturated rings. The predicted molar refractivity (Wildman–Crippen MR) is 97.4 cm³/mol. The van der Waals surface area contributed by atoms with Crippen LogP contribution in [0.3, 0.4) is 0 Å². The van der Waals surface area contributed by atoms with Crippen LogP contribution in [0.2, 0.25) is 0 Å². The molecule has 25 heavy (non-hydrogen) atoms. The zero-order valence-corrected chi connectivity index (χ0v) is 15.4. The molecule has 0 aromatic heterocycles. The van der Waals surface area contributed by atoms with Gasteiger partial charge in [0.15, 0.2) is 0 Å². The van der Waals surface area contributed by atoms with Crippen molar-refractivity contribution in [3.8, 4) is 5.75 Å². The van der Waals surface area contributed by atoms with Gasteiger partial charge in [0.25, 0.3) is 0 Å². The summed E-state index contributed by atoms with van der Waals surface area (Å²) in [6.45, 7) is 6.22. The Balaban J connectivity index is 1.93. The SMILES string of the molecule is CCCNC(=O)N1CCC[C@@](C)(C(=O)NCc2cccc(OC)c2)C1. The molecule has 1 aromatic rings. The molecular weight excluding hydrogens is 318 g/mol. The molecule has 6 nitrogen and oxygen atoms in total. The number of nitrogens with zero attached hydrogens (tertiary/aromatic N) is 1. The van der Waals surface area contributed by atoms with Gasteiger partial charge in [-0.3, -0.25) is 4.79 Å². The van der Waals surface area contributed by atoms with Gasteiger partial charge in [0.05, 0.1) is 12.5 Å². The van der Waals surface area contributed by atoms with Crippen LogP contribution in [0.1, 0.15) is 38.7 Å². The van der Waals surface area contributed by atoms with Gasteiger partial charge in [0.2, 0.25) is 5.91 Å². The average Bonchev–Trinajstić information content (AvgIpc) is 2.64. The molecule has 0 aliphatic carbocycles. The van der Waals surface area contributed by atoms with Crippen LogP contribution in [-0.2, 0) is 11.3 Å². The van der Waals surface area contributed by atoms with Crippen LogP contribution in [-0.4, -0.2) is 43.6 Å². The maximum atomic E-state index is 12.7. The number of likely N-dealkylation sites (tertiary alicyclic amines) is 1. The molecule has 1 aliphatic rings. The summed E-state index contributed by atoms with van der Waals surface area (Å²) in [5, 5.41) is 5.90. The monoisotopic (exact) mass is 347 g/mol. The van der Waals surface area contributed by atoms with Crippen molar-refractivity contribution in [3.05, 3.63) is 29.8 Å². The topological polar surface area (TPSA) is 70.7 Å². The summed E-state index contributed by atoms with van der Waals surface area (Å²) in [5.41, 5.74) is 0.436. The number of hydrogen-bond acceptors (Lipinski definition) is 3. The lowest BCUT2D eigenvalue weighted by molar-refractivity contribution is -0.132. The largest absolute Gasteiger partial charge is 0.497 e. The molecule has 3 amide bonds. The van der Waals surface area contributed by atoms with E-state index >= 15 is 0 Å². The van der Waals surface area contributed by atoms with Gasteiger partial charge < -0.3 is 20.3 Å². The second-order valence-electron chi connectivity index (χ2n) is 6.85. The first-order valence-corrected chi connectivity index (χ1v) is 8.92. The van der Waals surface area contributed by atoms with Crippen molar-refractivity contribution < 1.29 is 14.3 Å². The van der Waals surface area contributed by atoms with Gasteiger partial charge in [-0.2, -0.15) is 0 Å². The fraction of sp³-hybridized carbons (Fsp3) is 0.579. The lowest BCUT2D eigenvalue weighted by Gasteiger charge is -2.39. The number of hydrogen-bond donors (Lipinski definition) is 2. The van der Waals surface area contributed by atoms with Gasteiger partial charge >= 0.3 is 6.03 Å². The van der Waals surface area contributed by atoms with Crippen molar-refractivity contribution in [2.45, 2.75) is 39.7 Å². The molecule has 6 heteroatoms. The molecule has 0 unspecified atom stereocenters. The van der Waals surface area contributed by atoms with Crippen LogP contribution < -0.4 is 15.4 Å². The molecule has 0 saturated carbocycles. The summed E-state index contributed by atoms with van der Waals surface area (Å²) in [4.78, 5) is 26.7. The smallest absolute Gasteiger partial charge is 0.317 e. The first-order valence-electron chi connectivity index (χ1n) is 8.92. The van der Waals surface area contributed by atoms with Gasteiger partial charge in [-0.05, 0) is 43.9 Å². The molecule has 0 radical (unpaired) electrons. The molecule has 1 aromatic carbocycles. The Bertz CT molecular complexity index is 605. The van der Waals surface area contributed by atoms with E-state index in [1.54, 1.807) is 12.0 Å². The summed E-state index contributed by atoms with van der Waals surface area (Å²) in [7, 11) is 1.62. The van der Waals surface area contributed by atoms with Crippen molar-refractivity contribution in [2.75, 3.05) is 26.7 Å². The Morgan fingerprint density at radius 2 is 2.12 bits per heavy atom. The molecule has 2 N–H and O–H groups in total. The molecule has 1 atom stereocenters. The van der Waals surface area contributed by atoms with Crippen LogP contribution in [0, 0.1) is 5.41 Å². The quantitative estimate of drug-likeness (QED) is 0.831. The zero-order chi connectivity index (χ0) is 18.3. The van der Waals surface area contributed by atoms with Crippen molar-refractivity contribution in [1.29, 1.82) is 0 Å². The number of amides is 3. The third-order valence-electron chi connectivity index (χ3n) is 4.65. The lowest BCUT2D eigenvalue weighted by atomic mass is 9.81. The summed E-state index contributed by atoms with van der Waals surface area (Å²) in [5.74, 6) is 0.762. The molecule has 2 rings (SSSR count). The van der Waals surface area contributed by atoms with E-state index < -0.39 is 5.41 Å². The summed E-state index contributed by atoms with van der Waals surface area (Å²) in [6, 6.07) is 7.57. The lowest BCUT2D eigenvalue weighted by Crippen LogP contribution is -2.54. The van der Waals surface area contributed by atoms with Gasteiger partial charge in [-0.1, -0.05) is 19.1 Å². The van der Waals surface area contributed by atoms with E-state index in [1.807, 2.05) is 38.1 Å². The van der Waals surface area contributed by atoms with Gasteiger partial charge in [-0.15, -0.1) is 0 Å². The maximum Gasteiger partial charge on any atom is 0.317 e. The minimum absolute atomic E-state index is 0.0108. The Morgan fingerprint density at radius 1 is 1.32 bits per heavy atom. The second kappa shape index (κ2) is 8.74. The number of carbonyl (C=O) groups is 2. The van der Waals surface area contributed by atoms with Crippen LogP contribution in [0.15, 0.2) is 24.3 Å². The van der Waals surface area contributed by atoms with E-state index in [0.717, 1.165) is 30.6 Å². The maximum absolute atomic E-state index is 12.7. The molecular formula is C19H29N3O3. The minimum atomic E-state index is -0.555. The van der Waals surface area contributed by atoms with E-state index in [4.69, 9.17) is 4.74 Å². The Kier molecular flexibility index (Phi) is 6.67. The van der Waals surface area contributed by atoms with E-state index in [2.05, 4.69) is 10.6 Å². The summed E-state index contributed by atoms with van der Waals surface area (Å²) < 4.78 is 5.21. The summed E-state index contributed by atoms with van der Waals surface area (Å²) in [6.07, 6.45) is 2.52. The third-order valence-corrected chi connectivity index (χ3v) is 4.65. The van der Waals surface area contributed by atoms with Crippen LogP contribution >= 0.6 is 0 Å². The number of benzene rings is 1. The van der Waals surface area contributed by atoms with E-state index in [9.17, 15) is 9.59 Å². The van der Waals surface area contributed by atoms with Crippen molar-refractivity contribution in [2.24, 2.45) is 5.41 Å². The molecule has 0 spiro atoms. The Hall–Kier alpha value is -2.24. The first kappa shape index (κ1) is 19.1. The highest BCUT2D eigenvalue weighted by Crippen LogP contribution is 2.30. The van der Waals surface area contributed by atoms with E-state index in [1.165, 1.54) is 0 Å². The van der Waals surface area contributed by atoms with Crippen molar-refractivity contribution in [3.63, 3.8) is 0 Å². The first-order chi connectivity index (χ1) is 12.0. The minimum Gasteiger partial charge on any atom is -0.497 e. The van der Waals surface area contributed by atoms with Crippen LogP contribution in [0.5, 0.6) is 5.75 Å². The highest BCUT2D eigenvalue weighted by Gasteiger charge is 2.39. The van der Waals surface area contributed by atoms with Crippen LogP contribution in [0.4, 0.5) is 4.79 Å². The molecule has 1 heterocycles. The number of methoxy groups -OCH3 is 1. The zero-order valence-electron chi connectivity index (χ0n) is 15.4. The number of ether oxygens (including phenoxy) is 1. The average molecular weight is 347 g/mol. The second-order valence-corrected chi connectivity index (χ2v) is 6.85. The van der Waals surface area contributed by atoms with Gasteiger partial charge in [-0.25, -0.2) is 4.79 Å². The number of piperidine rings is 1. The number of carbonyl (C=O) groups excluding carboxylic acids is 2. The van der Waals surface area contributed by atoms with Crippen molar-refractivity contribution >= 4 is 11.9 Å². The van der Waals surface area contributed by atoms with Crippen molar-refractivity contribution in [1.82, 2.24) is 15.5 Å². The summed E-state index contributed by atoms with van der Waals surface area (Å²) >= 11 is 0. The predicted octanol–water partition coefficient (Wildman–Crippen LogP) is 2.53. The number of urea groups is 1. The molecule has 138 valence electrons. The van der Waals surface area contributed by atoms with Gasteiger partial charge in [0, 0.05) is 26.2 Å². The molecule has 1 aliphatic heterocycles. The fourth-order valence-electron chi connectivity index (χ4n) is 3.12.